The molecule has 3 aromatic rings. The lowest BCUT2D eigenvalue weighted by Crippen LogP contribution is -2.16. The van der Waals surface area contributed by atoms with Gasteiger partial charge in [-0.1, -0.05) is 30.1 Å². The molecule has 0 bridgehead atoms. The summed E-state index contributed by atoms with van der Waals surface area (Å²) >= 11 is 12.2. The van der Waals surface area contributed by atoms with Gasteiger partial charge >= 0.3 is 5.97 Å². The van der Waals surface area contributed by atoms with Crippen LogP contribution in [0.5, 0.6) is 5.75 Å². The van der Waals surface area contributed by atoms with Crippen LogP contribution in [0.15, 0.2) is 36.4 Å². The first-order valence-corrected chi connectivity index (χ1v) is 9.08. The predicted octanol–water partition coefficient (Wildman–Crippen LogP) is 5.23. The number of rotatable bonds is 4. The van der Waals surface area contributed by atoms with E-state index in [0.29, 0.717) is 39.2 Å². The third kappa shape index (κ3) is 3.17. The average molecular weight is 406 g/mol. The molecular formula is C20H17Cl2NO4. The maximum absolute atomic E-state index is 13.1. The molecule has 1 unspecified atom stereocenters. The molecule has 140 valence electrons. The zero-order valence-corrected chi connectivity index (χ0v) is 16.2. The lowest BCUT2D eigenvalue weighted by atomic mass is 9.94. The van der Waals surface area contributed by atoms with Crippen LogP contribution in [0, 0.1) is 6.92 Å². The van der Waals surface area contributed by atoms with Crippen molar-refractivity contribution in [2.45, 2.75) is 26.2 Å². The topological polar surface area (TPSA) is 79.5 Å². The number of nitrogens with zero attached hydrogens (tertiary/aromatic N) is 1. The minimum Gasteiger partial charge on any atom is -0.506 e. The molecule has 1 heterocycles. The quantitative estimate of drug-likeness (QED) is 0.622. The second-order valence-electron chi connectivity index (χ2n) is 6.24. The first-order valence-electron chi connectivity index (χ1n) is 8.33. The minimum atomic E-state index is -1.02. The smallest absolute Gasteiger partial charge is 0.311 e. The fraction of sp³-hybridized carbons (Fsp3) is 0.200. The van der Waals surface area contributed by atoms with Crippen LogP contribution in [0.25, 0.3) is 10.9 Å². The molecule has 0 aliphatic rings. The standard InChI is InChI=1S/C20H17Cl2NO4/c1-3-13(20(26)27)16-10(2)23(14-8-9-15(24)18(22)17(14)16)19(25)11-4-6-12(21)7-5-11/h4-9,13,24H,3H2,1-2H3,(H,26,27). The van der Waals surface area contributed by atoms with Crippen LogP contribution in [0.4, 0.5) is 0 Å². The normalized spacial score (nSPS) is 12.3. The van der Waals surface area contributed by atoms with E-state index in [1.54, 1.807) is 44.2 Å². The number of carboxylic acids is 1. The number of phenolic OH excluding ortho intramolecular Hbond substituents is 1. The molecule has 1 aromatic heterocycles. The Balaban J connectivity index is 2.36. The number of carboxylic acid groups (broad SMARTS) is 1. The number of hydrogen-bond acceptors (Lipinski definition) is 3. The van der Waals surface area contributed by atoms with E-state index in [9.17, 15) is 19.8 Å². The summed E-state index contributed by atoms with van der Waals surface area (Å²) in [6.45, 7) is 3.43. The van der Waals surface area contributed by atoms with E-state index in [1.165, 1.54) is 10.6 Å². The summed E-state index contributed by atoms with van der Waals surface area (Å²) in [7, 11) is 0. The summed E-state index contributed by atoms with van der Waals surface area (Å²) in [5.41, 5.74) is 1.76. The van der Waals surface area contributed by atoms with Crippen molar-refractivity contribution in [2.24, 2.45) is 0 Å². The van der Waals surface area contributed by atoms with E-state index in [2.05, 4.69) is 0 Å². The highest BCUT2D eigenvalue weighted by Gasteiger charge is 2.30. The number of aliphatic carboxylic acids is 1. The van der Waals surface area contributed by atoms with Crippen molar-refractivity contribution >= 4 is 46.0 Å². The maximum atomic E-state index is 13.1. The Kier molecular flexibility index (Phi) is 5.18. The zero-order valence-electron chi connectivity index (χ0n) is 14.7. The Hall–Kier alpha value is -2.50. The summed E-state index contributed by atoms with van der Waals surface area (Å²) in [5, 5.41) is 20.6. The van der Waals surface area contributed by atoms with Crippen molar-refractivity contribution in [3.8, 4) is 5.75 Å². The predicted molar refractivity (Wildman–Crippen MR) is 105 cm³/mol. The van der Waals surface area contributed by atoms with Gasteiger partial charge in [0.1, 0.15) is 5.75 Å². The largest absolute Gasteiger partial charge is 0.506 e. The van der Waals surface area contributed by atoms with E-state index in [0.717, 1.165) is 0 Å². The molecule has 2 aromatic carbocycles. The third-order valence-electron chi connectivity index (χ3n) is 4.68. The number of halogens is 2. The molecule has 0 spiro atoms. The van der Waals surface area contributed by atoms with Crippen molar-refractivity contribution in [1.29, 1.82) is 0 Å². The number of carbonyl (C=O) groups is 2. The van der Waals surface area contributed by atoms with Crippen molar-refractivity contribution in [1.82, 2.24) is 4.57 Å². The number of aromatic nitrogens is 1. The highest BCUT2D eigenvalue weighted by molar-refractivity contribution is 6.37. The molecular weight excluding hydrogens is 389 g/mol. The Morgan fingerprint density at radius 1 is 1.11 bits per heavy atom. The molecule has 0 radical (unpaired) electrons. The molecule has 0 fully saturated rings. The van der Waals surface area contributed by atoms with Crippen LogP contribution in [0.2, 0.25) is 10.0 Å². The van der Waals surface area contributed by atoms with Crippen molar-refractivity contribution < 1.29 is 19.8 Å². The molecule has 3 rings (SSSR count). The first kappa shape index (κ1) is 19.3. The van der Waals surface area contributed by atoms with Crippen LogP contribution >= 0.6 is 23.2 Å². The van der Waals surface area contributed by atoms with Gasteiger partial charge in [-0.25, -0.2) is 0 Å². The monoisotopic (exact) mass is 405 g/mol. The Morgan fingerprint density at radius 3 is 2.30 bits per heavy atom. The van der Waals surface area contributed by atoms with Gasteiger partial charge in [-0.3, -0.25) is 14.2 Å². The molecule has 2 N–H and O–H groups in total. The summed E-state index contributed by atoms with van der Waals surface area (Å²) in [4.78, 5) is 24.9. The Labute approximate surface area is 165 Å². The summed E-state index contributed by atoms with van der Waals surface area (Å²) in [6.07, 6.45) is 0.316. The van der Waals surface area contributed by atoms with Gasteiger partial charge in [-0.2, -0.15) is 0 Å². The van der Waals surface area contributed by atoms with Crippen molar-refractivity contribution in [3.63, 3.8) is 0 Å². The molecule has 1 atom stereocenters. The SMILES string of the molecule is CCC(C(=O)O)c1c(C)n(C(=O)c2ccc(Cl)cc2)c2ccc(O)c(Cl)c12. The van der Waals surface area contributed by atoms with Crippen molar-refractivity contribution in [2.75, 3.05) is 0 Å². The van der Waals surface area contributed by atoms with Gasteiger partial charge in [0.25, 0.3) is 5.91 Å². The lowest BCUT2D eigenvalue weighted by molar-refractivity contribution is -0.138. The minimum absolute atomic E-state index is 0.0351. The van der Waals surface area contributed by atoms with E-state index < -0.39 is 11.9 Å². The van der Waals surface area contributed by atoms with Gasteiger partial charge in [0.15, 0.2) is 0 Å². The van der Waals surface area contributed by atoms with E-state index in [-0.39, 0.29) is 16.7 Å². The maximum Gasteiger partial charge on any atom is 0.311 e. The fourth-order valence-electron chi connectivity index (χ4n) is 3.39. The van der Waals surface area contributed by atoms with Crippen LogP contribution < -0.4 is 0 Å². The molecule has 0 saturated heterocycles. The second kappa shape index (κ2) is 7.25. The second-order valence-corrected chi connectivity index (χ2v) is 7.05. The van der Waals surface area contributed by atoms with Gasteiger partial charge in [-0.05, 0) is 55.3 Å². The van der Waals surface area contributed by atoms with Gasteiger partial charge in [-0.15, -0.1) is 0 Å². The van der Waals surface area contributed by atoms with E-state index in [1.807, 2.05) is 0 Å². The van der Waals surface area contributed by atoms with Crippen LogP contribution in [0.1, 0.15) is 40.9 Å². The molecule has 27 heavy (non-hydrogen) atoms. The van der Waals surface area contributed by atoms with E-state index >= 15 is 0 Å². The first-order chi connectivity index (χ1) is 12.8. The number of fused-ring (bicyclic) bond motifs is 1. The van der Waals surface area contributed by atoms with Gasteiger partial charge in [0.05, 0.1) is 16.5 Å². The van der Waals surface area contributed by atoms with Crippen molar-refractivity contribution in [3.05, 3.63) is 63.3 Å². The van der Waals surface area contributed by atoms with E-state index in [4.69, 9.17) is 23.2 Å². The highest BCUT2D eigenvalue weighted by atomic mass is 35.5. The molecule has 0 amide bonds. The molecule has 0 aliphatic carbocycles. The summed E-state index contributed by atoms with van der Waals surface area (Å²) < 4.78 is 1.44. The number of phenols is 1. The number of hydrogen-bond donors (Lipinski definition) is 2. The average Bonchev–Trinajstić information content (AvgIpc) is 2.92. The Bertz CT molecular complexity index is 1050. The summed E-state index contributed by atoms with van der Waals surface area (Å²) in [6, 6.07) is 9.39. The van der Waals surface area contributed by atoms with Gasteiger partial charge in [0, 0.05) is 21.7 Å². The Morgan fingerprint density at radius 2 is 1.74 bits per heavy atom. The highest BCUT2D eigenvalue weighted by Crippen LogP contribution is 2.41. The number of aromatic hydroxyl groups is 1. The van der Waals surface area contributed by atoms with Crippen LogP contribution in [-0.2, 0) is 4.79 Å². The zero-order chi connectivity index (χ0) is 19.9. The molecule has 0 saturated carbocycles. The number of carbonyl (C=O) groups excluding carboxylic acids is 1. The van der Waals surface area contributed by atoms with Crippen LogP contribution in [0.3, 0.4) is 0 Å². The lowest BCUT2D eigenvalue weighted by Gasteiger charge is -2.12. The fourth-order valence-corrected chi connectivity index (χ4v) is 3.78. The third-order valence-corrected chi connectivity index (χ3v) is 5.32. The van der Waals surface area contributed by atoms with Gasteiger partial charge in [0.2, 0.25) is 0 Å². The van der Waals surface area contributed by atoms with Crippen LogP contribution in [-0.4, -0.2) is 26.7 Å². The number of benzene rings is 2. The van der Waals surface area contributed by atoms with Gasteiger partial charge < -0.3 is 10.2 Å². The molecule has 5 nitrogen and oxygen atoms in total. The molecule has 0 aliphatic heterocycles. The molecule has 7 heteroatoms. The summed E-state index contributed by atoms with van der Waals surface area (Å²) in [5.74, 6) is -2.37.